The van der Waals surface area contributed by atoms with Crippen LogP contribution in [-0.4, -0.2) is 5.48 Å². The van der Waals surface area contributed by atoms with Gasteiger partial charge in [-0.05, 0) is 0 Å². The Morgan fingerprint density at radius 2 is 0.200 bits per heavy atom. The molecular weight excluding hydrogens is 376 g/mol. The molecule has 0 radical (unpaired) electrons. The van der Waals surface area contributed by atoms with Gasteiger partial charge < -0.3 is 5.48 Å². The van der Waals surface area contributed by atoms with Crippen molar-refractivity contribution in [2.75, 3.05) is 0 Å². The molecule has 0 atom stereocenters. The second kappa shape index (κ2) is 59.2. The fourth-order valence-corrected chi connectivity index (χ4v) is 0. The van der Waals surface area contributed by atoms with Crippen LogP contribution in [0.15, 0.2) is 0 Å². The zero-order valence-electron chi connectivity index (χ0n) is 3.68. The quantitative estimate of drug-likeness (QED) is 0.528. The molecule has 0 bridgehead atoms. The van der Waals surface area contributed by atoms with Crippen molar-refractivity contribution >= 4 is 0 Å². The van der Waals surface area contributed by atoms with Crippen molar-refractivity contribution in [1.29, 1.82) is 0 Å². The molecule has 0 aromatic rings. The molecule has 0 rings (SSSR count). The van der Waals surface area contributed by atoms with Gasteiger partial charge >= 0.3 is 0 Å². The summed E-state index contributed by atoms with van der Waals surface area (Å²) in [5.74, 6) is 0. The van der Waals surface area contributed by atoms with E-state index in [0.717, 1.165) is 0 Å². The Kier molecular flexibility index (Phi) is 407. The van der Waals surface area contributed by atoms with Crippen LogP contribution in [0.5, 0.6) is 0 Å². The summed E-state index contributed by atoms with van der Waals surface area (Å²) in [4.78, 5) is 0. The van der Waals surface area contributed by atoms with Crippen LogP contribution in [0.3, 0.4) is 0 Å². The third-order valence-electron chi connectivity index (χ3n) is 0. The van der Waals surface area contributed by atoms with Gasteiger partial charge in [0.05, 0.1) is 0 Å². The first-order valence-electron chi connectivity index (χ1n) is 0. The van der Waals surface area contributed by atoms with Crippen molar-refractivity contribution in [2.45, 2.75) is 0 Å². The van der Waals surface area contributed by atoms with Crippen LogP contribution in [-0.2, 0) is 0 Å². The van der Waals surface area contributed by atoms with Crippen LogP contribution >= 0.6 is 0 Å². The van der Waals surface area contributed by atoms with E-state index in [1.165, 1.54) is 0 Å². The van der Waals surface area contributed by atoms with Gasteiger partial charge in [0.1, 0.15) is 0 Å². The molecule has 0 aromatic carbocycles. The minimum Gasteiger partial charge on any atom is -0.412 e. The Hall–Kier alpha value is 11.3. The van der Waals surface area contributed by atoms with Gasteiger partial charge in [-0.2, -0.15) is 0 Å². The Bertz CT molecular complexity index is 4.69. The third kappa shape index (κ3) is 50.6. The smallest absolute Gasteiger partial charge is 0 e. The molecule has 0 saturated carbocycles. The van der Waals surface area contributed by atoms with E-state index in [1.54, 1.807) is 0 Å². The maximum absolute atomic E-state index is 0. The van der Waals surface area contributed by atoms with Crippen LogP contribution < -0.4 is 0 Å². The zero-order valence-corrected chi connectivity index (χ0v) is 10.0. The Labute approximate surface area is 332 Å². The van der Waals surface area contributed by atoms with Crippen molar-refractivity contribution in [3.63, 3.8) is 0 Å². The molecule has 0 saturated heterocycles. The molecule has 0 spiro atoms. The van der Waals surface area contributed by atoms with E-state index in [0.29, 0.717) is 0 Å². The van der Waals surface area contributed by atoms with Gasteiger partial charge in [0.25, 0.3) is 0 Å². The Balaban J connectivity index is 0. The van der Waals surface area contributed by atoms with Gasteiger partial charge in [-0.1, -0.05) is 0 Å². The summed E-state index contributed by atoms with van der Waals surface area (Å²) in [6.07, 6.45) is 0. The van der Waals surface area contributed by atoms with Gasteiger partial charge in [0.2, 0.25) is 0 Å². The molecular formula is H2Ar9O. The van der Waals surface area contributed by atoms with Crippen molar-refractivity contribution in [1.82, 2.24) is 0 Å². The van der Waals surface area contributed by atoms with Gasteiger partial charge in [-0.3, -0.25) is 0 Å². The van der Waals surface area contributed by atoms with Gasteiger partial charge in [-0.15, -0.1) is 0 Å². The molecule has 80 valence electrons. The number of rotatable bonds is 0. The standard InChI is InChI=1S/9Ar.H2O/h;;;;;;;;;1H2. The van der Waals surface area contributed by atoms with E-state index in [2.05, 4.69) is 0 Å². The van der Waals surface area contributed by atoms with Crippen LogP contribution in [0.1, 0.15) is 0 Å². The molecule has 0 aliphatic rings. The molecule has 10 heteroatoms. The fourth-order valence-electron chi connectivity index (χ4n) is 0. The van der Waals surface area contributed by atoms with Gasteiger partial charge in [-0.25, -0.2) is 0 Å². The minimum absolute atomic E-state index is 0. The number of hydrogen-bond donors (Lipinski definition) is 0. The van der Waals surface area contributed by atoms with Gasteiger partial charge in [0, 0.05) is 340 Å². The van der Waals surface area contributed by atoms with Gasteiger partial charge in [0.15, 0.2) is 0 Å². The summed E-state index contributed by atoms with van der Waals surface area (Å²) in [6.45, 7) is 0. The average molecular weight is 378 g/mol. The average Bonchev–Trinajstić information content (AvgIpc) is 0. The molecule has 0 amide bonds. The number of hydrogen-bond acceptors (Lipinski definition) is 0. The first kappa shape index (κ1) is 68.7. The predicted octanol–water partition coefficient (Wildman–Crippen LogP) is -0.825. The summed E-state index contributed by atoms with van der Waals surface area (Å²) in [5.41, 5.74) is 0. The molecule has 0 aliphatic carbocycles. The fraction of sp³-hybridized carbons (Fsp3) is 0. The minimum atomic E-state index is 0. The topological polar surface area (TPSA) is 31.5 Å². The largest absolute Gasteiger partial charge is 0.412 e. The van der Waals surface area contributed by atoms with Crippen LogP contribution in [0.25, 0.3) is 0 Å². The molecule has 0 heterocycles. The summed E-state index contributed by atoms with van der Waals surface area (Å²) in [6, 6.07) is 0. The predicted molar refractivity (Wildman–Crippen MR) is 3.61 cm³/mol. The molecule has 0 aliphatic heterocycles. The summed E-state index contributed by atoms with van der Waals surface area (Å²) >= 11 is 0. The molecule has 1 nitrogen and oxygen atoms in total. The summed E-state index contributed by atoms with van der Waals surface area (Å²) < 4.78 is 0. The normalized spacial score (nSPS) is 0. The van der Waals surface area contributed by atoms with E-state index in [-0.39, 0.29) is 345 Å². The van der Waals surface area contributed by atoms with Crippen LogP contribution in [0, 0.1) is 340 Å². The molecule has 2 N–H and O–H groups in total. The first-order valence-corrected chi connectivity index (χ1v) is 0. The Morgan fingerprint density at radius 3 is 0.200 bits per heavy atom. The van der Waals surface area contributed by atoms with E-state index in [1.807, 2.05) is 0 Å². The second-order valence-corrected chi connectivity index (χ2v) is 0. The van der Waals surface area contributed by atoms with E-state index in [9.17, 15) is 0 Å². The summed E-state index contributed by atoms with van der Waals surface area (Å²) in [5, 5.41) is 0. The Morgan fingerprint density at radius 1 is 0.200 bits per heavy atom. The van der Waals surface area contributed by atoms with Crippen molar-refractivity contribution < 1.29 is 345 Å². The SMILES string of the molecule is O.[Ar].[Ar].[Ar].[Ar].[Ar].[Ar].[Ar].[Ar].[Ar]. The molecule has 0 fully saturated rings. The molecule has 0 aromatic heterocycles. The molecule has 0 unspecified atom stereocenters. The van der Waals surface area contributed by atoms with Crippen molar-refractivity contribution in [3.8, 4) is 0 Å². The van der Waals surface area contributed by atoms with E-state index in [4.69, 9.17) is 0 Å². The molecule has 10 heavy (non-hydrogen) atoms. The second-order valence-electron chi connectivity index (χ2n) is 0. The van der Waals surface area contributed by atoms with Crippen LogP contribution in [0.4, 0.5) is 0 Å². The third-order valence-corrected chi connectivity index (χ3v) is 0. The zero-order chi connectivity index (χ0) is 0. The maximum Gasteiger partial charge on any atom is 0 e. The summed E-state index contributed by atoms with van der Waals surface area (Å²) in [7, 11) is 0. The monoisotopic (exact) mass is 378 g/mol. The first-order chi connectivity index (χ1) is 0. The van der Waals surface area contributed by atoms with E-state index < -0.39 is 0 Å². The van der Waals surface area contributed by atoms with Crippen molar-refractivity contribution in [2.24, 2.45) is 0 Å². The maximum atomic E-state index is 0. The van der Waals surface area contributed by atoms with Crippen molar-refractivity contribution in [3.05, 3.63) is 0 Å². The van der Waals surface area contributed by atoms with E-state index >= 15 is 0 Å². The van der Waals surface area contributed by atoms with Crippen LogP contribution in [0.2, 0.25) is 0 Å².